The number of rotatable bonds is 27. The first-order valence-electron chi connectivity index (χ1n) is 27.8. The Labute approximate surface area is 505 Å². The van der Waals surface area contributed by atoms with Crippen LogP contribution < -0.4 is 14.7 Å². The van der Waals surface area contributed by atoms with Crippen molar-refractivity contribution in [1.82, 2.24) is 15.0 Å². The molecular formula is C69H66N6O12. The Kier molecular flexibility index (Phi) is 23.9. The maximum absolute atomic E-state index is 13.8. The van der Waals surface area contributed by atoms with Crippen LogP contribution >= 0.6 is 0 Å². The molecule has 0 N–H and O–H groups in total. The van der Waals surface area contributed by atoms with Crippen LogP contribution in [0.4, 0.5) is 17.8 Å². The predicted molar refractivity (Wildman–Crippen MR) is 333 cm³/mol. The second kappa shape index (κ2) is 32.7. The predicted octanol–water partition coefficient (Wildman–Crippen LogP) is 11.9. The van der Waals surface area contributed by atoms with Gasteiger partial charge in [0.1, 0.15) is 0 Å². The average molecular weight is 1170 g/mol. The lowest BCUT2D eigenvalue weighted by Crippen LogP contribution is -2.49. The van der Waals surface area contributed by atoms with Gasteiger partial charge in [-0.2, -0.15) is 15.0 Å². The zero-order valence-electron chi connectivity index (χ0n) is 48.8. The first kappa shape index (κ1) is 63.6. The molecule has 0 aliphatic heterocycles. The van der Waals surface area contributed by atoms with Crippen LogP contribution in [-0.4, -0.2) is 88.1 Å². The van der Waals surface area contributed by atoms with Crippen molar-refractivity contribution in [3.05, 3.63) is 252 Å². The molecular weight excluding hydrogens is 1100 g/mol. The van der Waals surface area contributed by atoms with Crippen molar-refractivity contribution in [2.75, 3.05) is 14.7 Å². The van der Waals surface area contributed by atoms with Crippen molar-refractivity contribution >= 4 is 90.1 Å². The zero-order valence-corrected chi connectivity index (χ0v) is 48.8. The molecule has 18 nitrogen and oxygen atoms in total. The number of benzene rings is 6. The summed E-state index contributed by atoms with van der Waals surface area (Å²) in [6.07, 6.45) is 8.25. The van der Waals surface area contributed by atoms with Crippen molar-refractivity contribution in [2.24, 2.45) is 0 Å². The molecule has 6 atom stereocenters. The first-order valence-corrected chi connectivity index (χ1v) is 27.8. The minimum absolute atomic E-state index is 0.375. The van der Waals surface area contributed by atoms with Crippen molar-refractivity contribution in [1.29, 1.82) is 0 Å². The molecule has 18 heteroatoms. The van der Waals surface area contributed by atoms with Crippen molar-refractivity contribution < 1.29 is 57.2 Å². The van der Waals surface area contributed by atoms with Crippen LogP contribution in [0.5, 0.6) is 0 Å². The van der Waals surface area contributed by atoms with Gasteiger partial charge in [0.05, 0.1) is 0 Å². The fourth-order valence-corrected chi connectivity index (χ4v) is 8.51. The van der Waals surface area contributed by atoms with Gasteiger partial charge in [0, 0.05) is 36.5 Å². The lowest BCUT2D eigenvalue weighted by molar-refractivity contribution is -0.149. The Bertz CT molecular complexity index is 2970. The number of carbonyl (C=O) groups is 6. The highest BCUT2D eigenvalue weighted by Crippen LogP contribution is 2.30. The Balaban J connectivity index is 1.40. The normalized spacial score (nSPS) is 13.6. The topological polar surface area (TPSA) is 206 Å². The molecule has 0 radical (unpaired) electrons. The summed E-state index contributed by atoms with van der Waals surface area (Å²) in [5.74, 6) is -6.05. The van der Waals surface area contributed by atoms with Crippen LogP contribution in [0.15, 0.2) is 218 Å². The second-order valence-electron chi connectivity index (χ2n) is 19.1. The van der Waals surface area contributed by atoms with Gasteiger partial charge < -0.3 is 28.4 Å². The van der Waals surface area contributed by atoms with Gasteiger partial charge in [0.25, 0.3) is 0 Å². The molecule has 87 heavy (non-hydrogen) atoms. The highest BCUT2D eigenvalue weighted by atomic mass is 16.6. The third-order valence-electron chi connectivity index (χ3n) is 12.6. The summed E-state index contributed by atoms with van der Waals surface area (Å²) in [5.41, 5.74) is 4.19. The van der Waals surface area contributed by atoms with Crippen LogP contribution in [0.25, 0.3) is 36.5 Å². The number of aromatic nitrogens is 3. The second-order valence-corrected chi connectivity index (χ2v) is 19.1. The van der Waals surface area contributed by atoms with Crippen molar-refractivity contribution in [2.45, 2.75) is 78.9 Å². The quantitative estimate of drug-likeness (QED) is 0.0203. The van der Waals surface area contributed by atoms with Gasteiger partial charge in [0.15, 0.2) is 37.4 Å². The van der Waals surface area contributed by atoms with E-state index in [9.17, 15) is 28.8 Å². The molecule has 1 heterocycles. The lowest BCUT2D eigenvalue weighted by atomic mass is 10.2. The molecule has 0 aliphatic carbocycles. The molecule has 6 aromatic carbocycles. The zero-order chi connectivity index (χ0) is 61.9. The molecule has 0 aliphatic rings. The van der Waals surface area contributed by atoms with Gasteiger partial charge in [0.2, 0.25) is 17.8 Å². The molecule has 0 bridgehead atoms. The number of nitrogens with zero attached hydrogens (tertiary/aromatic N) is 6. The van der Waals surface area contributed by atoms with E-state index in [1.165, 1.54) is 92.7 Å². The van der Waals surface area contributed by atoms with Crippen LogP contribution in [0.3, 0.4) is 0 Å². The van der Waals surface area contributed by atoms with Crippen LogP contribution in [-0.2, 0) is 57.2 Å². The minimum Gasteiger partial charge on any atom is -0.438 e. The molecule has 0 fully saturated rings. The Morgan fingerprint density at radius 2 is 0.402 bits per heavy atom. The van der Waals surface area contributed by atoms with Gasteiger partial charge in [-0.1, -0.05) is 182 Å². The molecule has 0 saturated heterocycles. The largest absolute Gasteiger partial charge is 0.438 e. The SMILES string of the molecule is CC(OC(=O)C=Cc1ccccc1)N(c1nc(N(C(C)OC(=O)C=Cc2ccccc2)C(C)OC(=O)C=Cc2ccccc2)nc(N(C(C)OC(=O)C=Cc2ccccc2)C(C)OC(=O)C=Cc2ccccc2)n1)C(C)OC(=O)C=Cc1ccccc1. The minimum atomic E-state index is -1.39. The van der Waals surface area contributed by atoms with Gasteiger partial charge in [-0.3, -0.25) is 14.7 Å². The highest BCUT2D eigenvalue weighted by molar-refractivity contribution is 5.90. The molecule has 444 valence electrons. The number of esters is 6. The average Bonchev–Trinajstić information content (AvgIpc) is 2.39. The number of carbonyl (C=O) groups excluding carboxylic acids is 6. The van der Waals surface area contributed by atoms with Crippen molar-refractivity contribution in [3.63, 3.8) is 0 Å². The van der Waals surface area contributed by atoms with Gasteiger partial charge in [-0.05, 0) is 111 Å². The molecule has 6 unspecified atom stereocenters. The Hall–Kier alpha value is -11.0. The first-order chi connectivity index (χ1) is 42.1. The smallest absolute Gasteiger partial charge is 0.332 e. The van der Waals surface area contributed by atoms with E-state index in [-0.39, 0.29) is 17.8 Å². The van der Waals surface area contributed by atoms with E-state index in [0.29, 0.717) is 33.4 Å². The van der Waals surface area contributed by atoms with E-state index < -0.39 is 73.2 Å². The van der Waals surface area contributed by atoms with E-state index in [2.05, 4.69) is 0 Å². The molecule has 0 saturated carbocycles. The molecule has 0 amide bonds. The van der Waals surface area contributed by atoms with E-state index in [1.807, 2.05) is 36.4 Å². The fraction of sp³-hybridized carbons (Fsp3) is 0.174. The van der Waals surface area contributed by atoms with Crippen LogP contribution in [0.2, 0.25) is 0 Å². The highest BCUT2D eigenvalue weighted by Gasteiger charge is 2.36. The maximum atomic E-state index is 13.8. The lowest BCUT2D eigenvalue weighted by Gasteiger charge is -2.37. The van der Waals surface area contributed by atoms with E-state index >= 15 is 0 Å². The van der Waals surface area contributed by atoms with E-state index in [4.69, 9.17) is 43.4 Å². The summed E-state index contributed by atoms with van der Waals surface area (Å²) in [6, 6.07) is 54.1. The molecule has 7 aromatic rings. The Morgan fingerprint density at radius 1 is 0.264 bits per heavy atom. The number of anilines is 3. The van der Waals surface area contributed by atoms with Crippen LogP contribution in [0, 0.1) is 0 Å². The van der Waals surface area contributed by atoms with Crippen molar-refractivity contribution in [3.8, 4) is 0 Å². The maximum Gasteiger partial charge on any atom is 0.332 e. The van der Waals surface area contributed by atoms with Crippen LogP contribution in [0.1, 0.15) is 74.9 Å². The summed E-state index contributed by atoms with van der Waals surface area (Å²) in [5, 5.41) is 0. The summed E-state index contributed by atoms with van der Waals surface area (Å²) in [4.78, 5) is 101. The Morgan fingerprint density at radius 3 is 0.540 bits per heavy atom. The van der Waals surface area contributed by atoms with E-state index in [0.717, 1.165) is 0 Å². The number of ether oxygens (including phenoxy) is 6. The molecule has 7 rings (SSSR count). The third kappa shape index (κ3) is 20.7. The standard InChI is InChI=1S/C69H66N6O12/c1-49(82-61(76)43-37-55-25-13-7-14-26-55)73(50(2)83-62(77)44-38-56-27-15-8-16-28-56)67-70-68(74(51(3)84-63(78)45-39-57-29-17-9-18-30-57)52(4)85-64(79)46-40-58-31-19-10-20-32-58)72-69(71-67)75(53(5)86-65(80)47-41-59-33-21-11-22-34-59)54(6)87-66(81)48-42-60-35-23-12-24-36-60/h7-54H,1-6H3. The monoisotopic (exact) mass is 1170 g/mol. The molecule has 1 aromatic heterocycles. The number of hydrogen-bond donors (Lipinski definition) is 0. The summed E-state index contributed by atoms with van der Waals surface area (Å²) in [6.45, 7) is 8.90. The van der Waals surface area contributed by atoms with E-state index in [1.54, 1.807) is 182 Å². The van der Waals surface area contributed by atoms with Gasteiger partial charge >= 0.3 is 35.8 Å². The van der Waals surface area contributed by atoms with Gasteiger partial charge in [-0.15, -0.1) is 0 Å². The summed E-state index contributed by atoms with van der Waals surface area (Å²) < 4.78 is 36.2. The summed E-state index contributed by atoms with van der Waals surface area (Å²) in [7, 11) is 0. The molecule has 0 spiro atoms. The fourth-order valence-electron chi connectivity index (χ4n) is 8.51. The van der Waals surface area contributed by atoms with Gasteiger partial charge in [-0.25, -0.2) is 28.8 Å². The summed E-state index contributed by atoms with van der Waals surface area (Å²) >= 11 is 0. The third-order valence-corrected chi connectivity index (χ3v) is 12.6. The number of hydrogen-bond acceptors (Lipinski definition) is 18.